The number of likely N-dealkylation sites (N-methyl/N-ethyl adjacent to an activating group) is 2. The van der Waals surface area contributed by atoms with E-state index >= 15 is 0 Å². The molecule has 1 aliphatic carbocycles. The van der Waals surface area contributed by atoms with Crippen molar-refractivity contribution in [2.75, 3.05) is 33.7 Å². The molecule has 0 aromatic rings. The molecule has 2 heteroatoms. The van der Waals surface area contributed by atoms with E-state index in [1.54, 1.807) is 0 Å². The highest BCUT2D eigenvalue weighted by atomic mass is 15.3. The lowest BCUT2D eigenvalue weighted by Crippen LogP contribution is -2.59. The molecular weight excluding hydrogens is 148 g/mol. The van der Waals surface area contributed by atoms with Gasteiger partial charge in [0, 0.05) is 25.2 Å². The van der Waals surface area contributed by atoms with Crippen molar-refractivity contribution in [3.05, 3.63) is 0 Å². The highest BCUT2D eigenvalue weighted by Crippen LogP contribution is 2.43. The topological polar surface area (TPSA) is 6.48 Å². The minimum Gasteiger partial charge on any atom is -0.303 e. The first-order chi connectivity index (χ1) is 5.63. The molecule has 2 fully saturated rings. The summed E-state index contributed by atoms with van der Waals surface area (Å²) in [5, 5.41) is 0. The maximum atomic E-state index is 2.56. The summed E-state index contributed by atoms with van der Waals surface area (Å²) in [6.45, 7) is 6.16. The molecule has 0 bridgehead atoms. The van der Waals surface area contributed by atoms with Gasteiger partial charge in [0.15, 0.2) is 0 Å². The summed E-state index contributed by atoms with van der Waals surface area (Å²) < 4.78 is 0. The number of hydrogen-bond acceptors (Lipinski definition) is 2. The summed E-state index contributed by atoms with van der Waals surface area (Å²) in [4.78, 5) is 5.03. The number of hydrogen-bond donors (Lipinski definition) is 0. The second-order valence-corrected chi connectivity index (χ2v) is 4.79. The summed E-state index contributed by atoms with van der Waals surface area (Å²) in [5.74, 6) is 0.977. The Labute approximate surface area is 75.5 Å². The van der Waals surface area contributed by atoms with Gasteiger partial charge in [-0.15, -0.1) is 0 Å². The zero-order valence-corrected chi connectivity index (χ0v) is 8.51. The maximum absolute atomic E-state index is 2.56. The van der Waals surface area contributed by atoms with E-state index < -0.39 is 0 Å². The molecule has 0 spiro atoms. The number of rotatable bonds is 1. The summed E-state index contributed by atoms with van der Waals surface area (Å²) in [6, 6.07) is 0. The lowest BCUT2D eigenvalue weighted by molar-refractivity contribution is 0.0243. The first kappa shape index (κ1) is 8.52. The van der Waals surface area contributed by atoms with Crippen LogP contribution in [0.15, 0.2) is 0 Å². The van der Waals surface area contributed by atoms with E-state index in [1.165, 1.54) is 32.5 Å². The van der Waals surface area contributed by atoms with Crippen LogP contribution in [0.2, 0.25) is 0 Å². The molecule has 0 radical (unpaired) electrons. The number of nitrogens with zero attached hydrogens (tertiary/aromatic N) is 2. The van der Waals surface area contributed by atoms with Crippen molar-refractivity contribution < 1.29 is 0 Å². The first-order valence-electron chi connectivity index (χ1n) is 5.03. The molecule has 0 amide bonds. The van der Waals surface area contributed by atoms with Crippen LogP contribution in [0.3, 0.4) is 0 Å². The fourth-order valence-corrected chi connectivity index (χ4v) is 2.47. The smallest absolute Gasteiger partial charge is 0.0333 e. The zero-order valence-electron chi connectivity index (χ0n) is 8.51. The lowest BCUT2D eigenvalue weighted by Gasteiger charge is -2.47. The fraction of sp³-hybridized carbons (Fsp3) is 1.00. The summed E-state index contributed by atoms with van der Waals surface area (Å²) in [6.07, 6.45) is 2.91. The van der Waals surface area contributed by atoms with Crippen LogP contribution in [0.5, 0.6) is 0 Å². The number of piperazine rings is 1. The minimum atomic E-state index is 0.479. The van der Waals surface area contributed by atoms with Crippen LogP contribution >= 0.6 is 0 Å². The second kappa shape index (κ2) is 2.71. The fourth-order valence-electron chi connectivity index (χ4n) is 2.47. The monoisotopic (exact) mass is 168 g/mol. The SMILES string of the molecule is CN1CCN(C)C(C)(C2CC2)C1. The summed E-state index contributed by atoms with van der Waals surface area (Å²) in [7, 11) is 4.53. The molecule has 2 nitrogen and oxygen atoms in total. The van der Waals surface area contributed by atoms with Gasteiger partial charge in [-0.25, -0.2) is 0 Å². The Kier molecular flexibility index (Phi) is 1.92. The van der Waals surface area contributed by atoms with Crippen molar-refractivity contribution in [2.24, 2.45) is 5.92 Å². The van der Waals surface area contributed by atoms with Crippen LogP contribution in [0.1, 0.15) is 19.8 Å². The van der Waals surface area contributed by atoms with Gasteiger partial charge in [-0.1, -0.05) is 0 Å². The van der Waals surface area contributed by atoms with Crippen molar-refractivity contribution >= 4 is 0 Å². The Morgan fingerprint density at radius 1 is 1.17 bits per heavy atom. The van der Waals surface area contributed by atoms with Gasteiger partial charge >= 0.3 is 0 Å². The Morgan fingerprint density at radius 2 is 1.83 bits per heavy atom. The van der Waals surface area contributed by atoms with Crippen LogP contribution in [-0.2, 0) is 0 Å². The molecule has 1 unspecified atom stereocenters. The predicted octanol–water partition coefficient (Wildman–Crippen LogP) is 1.03. The van der Waals surface area contributed by atoms with Crippen molar-refractivity contribution in [1.29, 1.82) is 0 Å². The lowest BCUT2D eigenvalue weighted by atomic mass is 9.91. The third-order valence-corrected chi connectivity index (χ3v) is 3.74. The molecule has 70 valence electrons. The van der Waals surface area contributed by atoms with Crippen LogP contribution in [0, 0.1) is 5.92 Å². The Morgan fingerprint density at radius 3 is 2.42 bits per heavy atom. The second-order valence-electron chi connectivity index (χ2n) is 4.79. The molecule has 1 saturated carbocycles. The minimum absolute atomic E-state index is 0.479. The molecule has 0 aromatic carbocycles. The van der Waals surface area contributed by atoms with E-state index in [-0.39, 0.29) is 0 Å². The van der Waals surface area contributed by atoms with E-state index in [0.717, 1.165) is 5.92 Å². The van der Waals surface area contributed by atoms with Crippen LogP contribution in [-0.4, -0.2) is 49.1 Å². The Balaban J connectivity index is 2.08. The van der Waals surface area contributed by atoms with Crippen LogP contribution < -0.4 is 0 Å². The van der Waals surface area contributed by atoms with Crippen LogP contribution in [0.25, 0.3) is 0 Å². The standard InChI is InChI=1S/C10H20N2/c1-10(9-4-5-9)8-11(2)6-7-12(10)3/h9H,4-8H2,1-3H3. The third kappa shape index (κ3) is 1.27. The van der Waals surface area contributed by atoms with E-state index in [9.17, 15) is 0 Å². The quantitative estimate of drug-likeness (QED) is 0.577. The Hall–Kier alpha value is -0.0800. The average molecular weight is 168 g/mol. The van der Waals surface area contributed by atoms with Gasteiger partial charge in [0.2, 0.25) is 0 Å². The van der Waals surface area contributed by atoms with Crippen molar-refractivity contribution in [3.63, 3.8) is 0 Å². The predicted molar refractivity (Wildman–Crippen MR) is 51.3 cm³/mol. The van der Waals surface area contributed by atoms with Gasteiger partial charge in [-0.05, 0) is 39.8 Å². The molecule has 2 aliphatic rings. The molecule has 12 heavy (non-hydrogen) atoms. The molecule has 0 aromatic heterocycles. The van der Waals surface area contributed by atoms with Gasteiger partial charge in [-0.2, -0.15) is 0 Å². The molecule has 0 N–H and O–H groups in total. The van der Waals surface area contributed by atoms with Gasteiger partial charge < -0.3 is 4.90 Å². The van der Waals surface area contributed by atoms with Crippen LogP contribution in [0.4, 0.5) is 0 Å². The van der Waals surface area contributed by atoms with Gasteiger partial charge in [0.1, 0.15) is 0 Å². The highest BCUT2D eigenvalue weighted by molar-refractivity contribution is 5.02. The van der Waals surface area contributed by atoms with Gasteiger partial charge in [-0.3, -0.25) is 4.90 Å². The average Bonchev–Trinajstić information content (AvgIpc) is 2.79. The van der Waals surface area contributed by atoms with Crippen molar-refractivity contribution in [1.82, 2.24) is 9.80 Å². The normalized spacial score (nSPS) is 40.2. The third-order valence-electron chi connectivity index (χ3n) is 3.74. The van der Waals surface area contributed by atoms with Gasteiger partial charge in [0.05, 0.1) is 0 Å². The van der Waals surface area contributed by atoms with E-state index in [4.69, 9.17) is 0 Å². The Bertz CT molecular complexity index is 177. The van der Waals surface area contributed by atoms with Crippen molar-refractivity contribution in [2.45, 2.75) is 25.3 Å². The maximum Gasteiger partial charge on any atom is 0.0333 e. The van der Waals surface area contributed by atoms with Crippen molar-refractivity contribution in [3.8, 4) is 0 Å². The van der Waals surface area contributed by atoms with Gasteiger partial charge in [0.25, 0.3) is 0 Å². The summed E-state index contributed by atoms with van der Waals surface area (Å²) in [5.41, 5.74) is 0.479. The molecular formula is C10H20N2. The first-order valence-corrected chi connectivity index (χ1v) is 5.03. The largest absolute Gasteiger partial charge is 0.303 e. The molecule has 2 rings (SSSR count). The van der Waals surface area contributed by atoms with E-state index in [0.29, 0.717) is 5.54 Å². The molecule has 1 heterocycles. The molecule has 1 saturated heterocycles. The molecule has 1 aliphatic heterocycles. The zero-order chi connectivity index (χ0) is 8.77. The molecule has 1 atom stereocenters. The summed E-state index contributed by atoms with van der Waals surface area (Å²) >= 11 is 0. The van der Waals surface area contributed by atoms with E-state index in [2.05, 4.69) is 30.8 Å². The van der Waals surface area contributed by atoms with E-state index in [1.807, 2.05) is 0 Å². The highest BCUT2D eigenvalue weighted by Gasteiger charge is 2.46.